The van der Waals surface area contributed by atoms with Gasteiger partial charge in [0.05, 0.1) is 0 Å². The highest BCUT2D eigenvalue weighted by Crippen LogP contribution is 2.18. The molecule has 2 aliphatic rings. The highest BCUT2D eigenvalue weighted by atomic mass is 16.2. The van der Waals surface area contributed by atoms with E-state index < -0.39 is 0 Å². The summed E-state index contributed by atoms with van der Waals surface area (Å²) in [4.78, 5) is 17.2. The van der Waals surface area contributed by atoms with Gasteiger partial charge in [0.1, 0.15) is 0 Å². The van der Waals surface area contributed by atoms with Crippen LogP contribution in [-0.2, 0) is 19.5 Å². The normalized spacial score (nSPS) is 20.1. The molecule has 2 heterocycles. The molecule has 1 fully saturated rings. The van der Waals surface area contributed by atoms with Crippen LogP contribution in [0.2, 0.25) is 0 Å². The molecule has 0 aromatic heterocycles. The van der Waals surface area contributed by atoms with Crippen molar-refractivity contribution < 1.29 is 4.79 Å². The monoisotopic (exact) mass is 392 g/mol. The number of nitrogens with zero attached hydrogens (tertiary/aromatic N) is 2. The molecular weight excluding hydrogens is 360 g/mol. The van der Waals surface area contributed by atoms with Gasteiger partial charge in [-0.15, -0.1) is 0 Å². The van der Waals surface area contributed by atoms with Gasteiger partial charge >= 0.3 is 6.03 Å². The molecule has 5 heteroatoms. The van der Waals surface area contributed by atoms with Gasteiger partial charge in [0.2, 0.25) is 0 Å². The quantitative estimate of drug-likeness (QED) is 0.795. The molecule has 1 unspecified atom stereocenters. The standard InChI is InChI=1S/C24H32N4O/c29-24(25-13-16-27-15-12-21-9-4-5-10-22(21)18-27)26-23-11-6-14-28(19-23)17-20-7-2-1-3-8-20/h1-5,7-10,23H,6,11-19H2,(H2,25,26,29). The van der Waals surface area contributed by atoms with E-state index in [1.807, 2.05) is 0 Å². The number of benzene rings is 2. The van der Waals surface area contributed by atoms with Crippen molar-refractivity contribution in [2.24, 2.45) is 0 Å². The summed E-state index contributed by atoms with van der Waals surface area (Å²) in [6.45, 7) is 6.61. The van der Waals surface area contributed by atoms with E-state index in [9.17, 15) is 4.79 Å². The molecule has 5 nitrogen and oxygen atoms in total. The molecule has 2 amide bonds. The molecule has 2 aromatic carbocycles. The van der Waals surface area contributed by atoms with Gasteiger partial charge in [-0.1, -0.05) is 54.6 Å². The van der Waals surface area contributed by atoms with Crippen LogP contribution in [0.15, 0.2) is 54.6 Å². The Morgan fingerprint density at radius 1 is 0.966 bits per heavy atom. The Kier molecular flexibility index (Phi) is 6.80. The van der Waals surface area contributed by atoms with E-state index in [1.54, 1.807) is 0 Å². The lowest BCUT2D eigenvalue weighted by molar-refractivity contribution is 0.179. The zero-order valence-corrected chi connectivity index (χ0v) is 17.1. The van der Waals surface area contributed by atoms with Crippen molar-refractivity contribution in [1.29, 1.82) is 0 Å². The number of likely N-dealkylation sites (tertiary alicyclic amines) is 1. The second kappa shape index (κ2) is 9.90. The van der Waals surface area contributed by atoms with E-state index in [0.29, 0.717) is 6.54 Å². The van der Waals surface area contributed by atoms with Gasteiger partial charge in [-0.05, 0) is 42.5 Å². The maximum Gasteiger partial charge on any atom is 0.315 e. The zero-order valence-electron chi connectivity index (χ0n) is 17.1. The summed E-state index contributed by atoms with van der Waals surface area (Å²) in [5.41, 5.74) is 4.22. The Labute approximate surface area is 174 Å². The Hall–Kier alpha value is -2.37. The molecule has 0 saturated carbocycles. The second-order valence-corrected chi connectivity index (χ2v) is 8.25. The molecule has 2 N–H and O–H groups in total. The predicted octanol–water partition coefficient (Wildman–Crippen LogP) is 3.01. The van der Waals surface area contributed by atoms with Crippen molar-refractivity contribution in [3.63, 3.8) is 0 Å². The molecular formula is C24H32N4O. The fraction of sp³-hybridized carbons (Fsp3) is 0.458. The topological polar surface area (TPSA) is 47.6 Å². The summed E-state index contributed by atoms with van der Waals surface area (Å²) < 4.78 is 0. The Morgan fingerprint density at radius 2 is 1.76 bits per heavy atom. The van der Waals surface area contributed by atoms with E-state index in [1.165, 1.54) is 16.7 Å². The minimum atomic E-state index is -0.0334. The van der Waals surface area contributed by atoms with Crippen molar-refractivity contribution in [2.45, 2.75) is 38.4 Å². The number of amides is 2. The minimum Gasteiger partial charge on any atom is -0.337 e. The first-order valence-corrected chi connectivity index (χ1v) is 10.9. The fourth-order valence-electron chi connectivity index (χ4n) is 4.47. The largest absolute Gasteiger partial charge is 0.337 e. The molecule has 0 bridgehead atoms. The third-order valence-electron chi connectivity index (χ3n) is 6.01. The van der Waals surface area contributed by atoms with Crippen LogP contribution < -0.4 is 10.6 Å². The molecule has 154 valence electrons. The highest BCUT2D eigenvalue weighted by molar-refractivity contribution is 5.74. The van der Waals surface area contributed by atoms with Gasteiger partial charge in [0.15, 0.2) is 0 Å². The van der Waals surface area contributed by atoms with Gasteiger partial charge in [-0.25, -0.2) is 4.79 Å². The summed E-state index contributed by atoms with van der Waals surface area (Å²) in [7, 11) is 0. The summed E-state index contributed by atoms with van der Waals surface area (Å²) in [5, 5.41) is 6.23. The molecule has 1 atom stereocenters. The van der Waals surface area contributed by atoms with Gasteiger partial charge in [0.25, 0.3) is 0 Å². The van der Waals surface area contributed by atoms with Crippen molar-refractivity contribution in [2.75, 3.05) is 32.7 Å². The van der Waals surface area contributed by atoms with E-state index in [4.69, 9.17) is 0 Å². The maximum atomic E-state index is 12.4. The van der Waals surface area contributed by atoms with Crippen LogP contribution in [0, 0.1) is 0 Å². The van der Waals surface area contributed by atoms with Crippen LogP contribution in [0.4, 0.5) is 4.79 Å². The van der Waals surface area contributed by atoms with E-state index in [-0.39, 0.29) is 12.1 Å². The zero-order chi connectivity index (χ0) is 19.9. The summed E-state index contributed by atoms with van der Waals surface area (Å²) in [6, 6.07) is 19.4. The Bertz CT molecular complexity index is 794. The van der Waals surface area contributed by atoms with Crippen LogP contribution in [-0.4, -0.2) is 54.6 Å². The van der Waals surface area contributed by atoms with Crippen molar-refractivity contribution in [3.05, 3.63) is 71.3 Å². The maximum absolute atomic E-state index is 12.4. The van der Waals surface area contributed by atoms with E-state index >= 15 is 0 Å². The average Bonchev–Trinajstić information content (AvgIpc) is 2.75. The number of rotatable bonds is 6. The minimum absolute atomic E-state index is 0.0334. The molecule has 1 saturated heterocycles. The molecule has 29 heavy (non-hydrogen) atoms. The smallest absolute Gasteiger partial charge is 0.315 e. The Morgan fingerprint density at radius 3 is 2.62 bits per heavy atom. The molecule has 0 spiro atoms. The number of nitrogens with one attached hydrogen (secondary N) is 2. The van der Waals surface area contributed by atoms with E-state index in [0.717, 1.165) is 58.5 Å². The lowest BCUT2D eigenvalue weighted by Gasteiger charge is -2.33. The molecule has 4 rings (SSSR count). The first-order chi connectivity index (χ1) is 14.3. The number of piperidine rings is 1. The summed E-state index contributed by atoms with van der Waals surface area (Å²) >= 11 is 0. The third-order valence-corrected chi connectivity index (χ3v) is 6.01. The van der Waals surface area contributed by atoms with Gasteiger partial charge < -0.3 is 10.6 Å². The summed E-state index contributed by atoms with van der Waals surface area (Å²) in [6.07, 6.45) is 3.29. The van der Waals surface area contributed by atoms with Crippen LogP contribution in [0.1, 0.15) is 29.5 Å². The number of hydrogen-bond donors (Lipinski definition) is 2. The first kappa shape index (κ1) is 19.9. The van der Waals surface area contributed by atoms with E-state index in [2.05, 4.69) is 75.0 Å². The highest BCUT2D eigenvalue weighted by Gasteiger charge is 2.21. The molecule has 2 aliphatic heterocycles. The van der Waals surface area contributed by atoms with Gasteiger partial charge in [0, 0.05) is 45.3 Å². The lowest BCUT2D eigenvalue weighted by atomic mass is 10.00. The van der Waals surface area contributed by atoms with Crippen LogP contribution in [0.3, 0.4) is 0 Å². The number of carbonyl (C=O) groups is 1. The molecule has 0 aliphatic carbocycles. The SMILES string of the molecule is O=C(NCCN1CCc2ccccc2C1)NC1CCCN(Cc2ccccc2)C1. The van der Waals surface area contributed by atoms with Crippen molar-refractivity contribution in [1.82, 2.24) is 20.4 Å². The first-order valence-electron chi connectivity index (χ1n) is 10.9. The second-order valence-electron chi connectivity index (χ2n) is 8.25. The van der Waals surface area contributed by atoms with Gasteiger partial charge in [-0.3, -0.25) is 9.80 Å². The van der Waals surface area contributed by atoms with Crippen molar-refractivity contribution in [3.8, 4) is 0 Å². The van der Waals surface area contributed by atoms with Crippen LogP contribution in [0.25, 0.3) is 0 Å². The van der Waals surface area contributed by atoms with Crippen molar-refractivity contribution >= 4 is 6.03 Å². The molecule has 2 aromatic rings. The lowest BCUT2D eigenvalue weighted by Crippen LogP contribution is -2.51. The third kappa shape index (κ3) is 5.81. The van der Waals surface area contributed by atoms with Gasteiger partial charge in [-0.2, -0.15) is 0 Å². The fourth-order valence-corrected chi connectivity index (χ4v) is 4.47. The summed E-state index contributed by atoms with van der Waals surface area (Å²) in [5.74, 6) is 0. The molecule has 0 radical (unpaired) electrons. The van der Waals surface area contributed by atoms with Crippen LogP contribution in [0.5, 0.6) is 0 Å². The Balaban J connectivity index is 1.16. The number of hydrogen-bond acceptors (Lipinski definition) is 3. The number of urea groups is 1. The number of carbonyl (C=O) groups excluding carboxylic acids is 1. The average molecular weight is 393 g/mol. The number of fused-ring (bicyclic) bond motifs is 1. The predicted molar refractivity (Wildman–Crippen MR) is 117 cm³/mol. The van der Waals surface area contributed by atoms with Crippen LogP contribution >= 0.6 is 0 Å².